The molecule has 3 N–H and O–H groups in total. The van der Waals surface area contributed by atoms with E-state index in [1.165, 1.54) is 16.7 Å². The molecule has 0 aliphatic carbocycles. The van der Waals surface area contributed by atoms with Crippen LogP contribution in [0.5, 0.6) is 0 Å². The van der Waals surface area contributed by atoms with Gasteiger partial charge >= 0.3 is 11.9 Å². The lowest BCUT2D eigenvalue weighted by Gasteiger charge is -2.49. The van der Waals surface area contributed by atoms with Crippen molar-refractivity contribution in [1.82, 2.24) is 25.4 Å². The molecule has 2 aromatic rings. The molecule has 2 aliphatic heterocycles. The van der Waals surface area contributed by atoms with E-state index in [1.807, 2.05) is 6.07 Å². The topological polar surface area (TPSA) is 159 Å². The Hall–Kier alpha value is -2.97. The quantitative estimate of drug-likeness (QED) is 0.250. The predicted molar refractivity (Wildman–Crippen MR) is 122 cm³/mol. The van der Waals surface area contributed by atoms with Gasteiger partial charge in [0.25, 0.3) is 11.1 Å². The first-order valence-corrected chi connectivity index (χ1v) is 12.0. The maximum absolute atomic E-state index is 12.8. The van der Waals surface area contributed by atoms with Crippen LogP contribution in [0.25, 0.3) is 0 Å². The minimum atomic E-state index is -1.20. The van der Waals surface area contributed by atoms with Crippen LogP contribution in [0.4, 0.5) is 0 Å². The highest BCUT2D eigenvalue weighted by Crippen LogP contribution is 2.41. The SMILES string of the molecule is O=C(O)Cc1nnc(SCC2=C(C(=O)O)N3C(=O)C(NC(=S)Cc4cccnc4)[C@@H]3SC2)o1. The number of carboxylic acid groups (broad SMARTS) is 2. The molecule has 1 unspecified atom stereocenters. The van der Waals surface area contributed by atoms with Gasteiger partial charge in [0.2, 0.25) is 5.89 Å². The standard InChI is InChI=1S/C19H17N5O6S3/c25-13(26)5-11-22-23-19(30-11)33-8-10-7-32-17-14(16(27)24(17)15(10)18(28)29)21-12(31)4-9-2-1-3-20-6-9/h1-3,6,14,17H,4-5,7-8H2,(H,21,31)(H,25,26)(H,28,29)/t14?,17-/m0/s1. The first-order chi connectivity index (χ1) is 15.8. The zero-order valence-electron chi connectivity index (χ0n) is 16.8. The molecule has 2 atom stereocenters. The summed E-state index contributed by atoms with van der Waals surface area (Å²) >= 11 is 7.91. The van der Waals surface area contributed by atoms with Gasteiger partial charge in [-0.3, -0.25) is 19.5 Å². The molecule has 0 aromatic carbocycles. The molecule has 1 amide bonds. The minimum absolute atomic E-state index is 0.0374. The van der Waals surface area contributed by atoms with Crippen molar-refractivity contribution in [3.63, 3.8) is 0 Å². The molecule has 172 valence electrons. The van der Waals surface area contributed by atoms with E-state index in [4.69, 9.17) is 21.7 Å². The number of aliphatic carboxylic acids is 2. The highest BCUT2D eigenvalue weighted by atomic mass is 32.2. The molecule has 1 saturated heterocycles. The van der Waals surface area contributed by atoms with Crippen molar-refractivity contribution >= 4 is 58.6 Å². The summed E-state index contributed by atoms with van der Waals surface area (Å²) in [7, 11) is 0. The third-order valence-electron chi connectivity index (χ3n) is 4.77. The Morgan fingerprint density at radius 3 is 2.85 bits per heavy atom. The highest BCUT2D eigenvalue weighted by molar-refractivity contribution is 8.01. The summed E-state index contributed by atoms with van der Waals surface area (Å²) in [6.07, 6.45) is 3.39. The van der Waals surface area contributed by atoms with E-state index in [-0.39, 0.29) is 33.8 Å². The molecule has 4 rings (SSSR count). The minimum Gasteiger partial charge on any atom is -0.481 e. The van der Waals surface area contributed by atoms with Gasteiger partial charge in [0.05, 0.1) is 4.99 Å². The Morgan fingerprint density at radius 1 is 1.33 bits per heavy atom. The van der Waals surface area contributed by atoms with E-state index >= 15 is 0 Å². The van der Waals surface area contributed by atoms with Gasteiger partial charge in [-0.05, 0) is 17.2 Å². The molecule has 14 heteroatoms. The number of pyridine rings is 1. The van der Waals surface area contributed by atoms with Crippen LogP contribution in [0.15, 0.2) is 45.4 Å². The van der Waals surface area contributed by atoms with Crippen molar-refractivity contribution in [1.29, 1.82) is 0 Å². The molecule has 0 saturated carbocycles. The number of carboxylic acids is 2. The Bertz CT molecular complexity index is 1140. The molecule has 1 fully saturated rings. The number of rotatable bonds is 9. The lowest BCUT2D eigenvalue weighted by atomic mass is 10.0. The van der Waals surface area contributed by atoms with Gasteiger partial charge in [0.15, 0.2) is 0 Å². The van der Waals surface area contributed by atoms with Crippen molar-refractivity contribution in [2.75, 3.05) is 11.5 Å². The van der Waals surface area contributed by atoms with Gasteiger partial charge in [-0.25, -0.2) is 4.79 Å². The summed E-state index contributed by atoms with van der Waals surface area (Å²) in [6.45, 7) is 0. The van der Waals surface area contributed by atoms with E-state index in [0.717, 1.165) is 17.3 Å². The maximum Gasteiger partial charge on any atom is 0.352 e. The second-order valence-electron chi connectivity index (χ2n) is 7.07. The third-order valence-corrected chi connectivity index (χ3v) is 7.28. The number of hydrogen-bond donors (Lipinski definition) is 3. The smallest absolute Gasteiger partial charge is 0.352 e. The fourth-order valence-corrected chi connectivity index (χ4v) is 5.91. The second-order valence-corrected chi connectivity index (χ2v) is 9.60. The molecule has 2 aliphatic rings. The molecule has 33 heavy (non-hydrogen) atoms. The number of nitrogens with zero attached hydrogens (tertiary/aromatic N) is 4. The summed E-state index contributed by atoms with van der Waals surface area (Å²) in [5, 5.41) is 28.8. The van der Waals surface area contributed by atoms with Gasteiger partial charge in [0.1, 0.15) is 23.5 Å². The molecular formula is C19H17N5O6S3. The Kier molecular flexibility index (Phi) is 6.95. The summed E-state index contributed by atoms with van der Waals surface area (Å²) in [5.41, 5.74) is 1.39. The van der Waals surface area contributed by atoms with Gasteiger partial charge in [-0.15, -0.1) is 22.0 Å². The first-order valence-electron chi connectivity index (χ1n) is 9.58. The monoisotopic (exact) mass is 507 g/mol. The molecular weight excluding hydrogens is 490 g/mol. The summed E-state index contributed by atoms with van der Waals surface area (Å²) in [6, 6.07) is 3.09. The molecule has 0 spiro atoms. The number of carbonyl (C=O) groups is 3. The van der Waals surface area contributed by atoms with E-state index < -0.39 is 24.4 Å². The molecule has 0 bridgehead atoms. The average molecular weight is 508 g/mol. The zero-order chi connectivity index (χ0) is 23.5. The summed E-state index contributed by atoms with van der Waals surface area (Å²) < 4.78 is 5.25. The van der Waals surface area contributed by atoms with Crippen LogP contribution in [0.1, 0.15) is 11.5 Å². The van der Waals surface area contributed by atoms with Gasteiger partial charge in [0, 0.05) is 30.3 Å². The molecule has 0 radical (unpaired) electrons. The van der Waals surface area contributed by atoms with Crippen molar-refractivity contribution in [2.45, 2.75) is 29.5 Å². The molecule has 4 heterocycles. The fraction of sp³-hybridized carbons (Fsp3) is 0.316. The number of carbonyl (C=O) groups excluding carboxylic acids is 1. The normalized spacial score (nSPS) is 19.6. The van der Waals surface area contributed by atoms with Gasteiger partial charge in [-0.1, -0.05) is 30.0 Å². The average Bonchev–Trinajstić information content (AvgIpc) is 3.22. The number of fused-ring (bicyclic) bond motifs is 1. The third kappa shape index (κ3) is 5.17. The lowest BCUT2D eigenvalue weighted by Crippen LogP contribution is -2.70. The van der Waals surface area contributed by atoms with Crippen LogP contribution >= 0.6 is 35.7 Å². The van der Waals surface area contributed by atoms with Crippen molar-refractivity contribution in [2.24, 2.45) is 0 Å². The fourth-order valence-electron chi connectivity index (χ4n) is 3.35. The Labute approximate surface area is 201 Å². The number of thiocarbonyl (C=S) groups is 1. The van der Waals surface area contributed by atoms with Crippen LogP contribution in [-0.2, 0) is 27.2 Å². The van der Waals surface area contributed by atoms with E-state index in [0.29, 0.717) is 22.7 Å². The van der Waals surface area contributed by atoms with Gasteiger partial charge < -0.3 is 19.9 Å². The second kappa shape index (κ2) is 9.89. The summed E-state index contributed by atoms with van der Waals surface area (Å²) in [5.74, 6) is -2.09. The van der Waals surface area contributed by atoms with Crippen LogP contribution in [0.3, 0.4) is 0 Å². The van der Waals surface area contributed by atoms with E-state index in [2.05, 4.69) is 20.5 Å². The van der Waals surface area contributed by atoms with Crippen molar-refractivity contribution < 1.29 is 29.0 Å². The number of aromatic nitrogens is 3. The van der Waals surface area contributed by atoms with Crippen molar-refractivity contribution in [3.05, 3.63) is 47.3 Å². The summed E-state index contributed by atoms with van der Waals surface area (Å²) in [4.78, 5) is 41.3. The van der Waals surface area contributed by atoms with E-state index in [9.17, 15) is 19.5 Å². The Balaban J connectivity index is 1.41. The predicted octanol–water partition coefficient (Wildman–Crippen LogP) is 0.966. The van der Waals surface area contributed by atoms with Crippen LogP contribution in [-0.4, -0.2) is 76.1 Å². The maximum atomic E-state index is 12.8. The first kappa shape index (κ1) is 23.2. The Morgan fingerprint density at radius 2 is 2.15 bits per heavy atom. The highest BCUT2D eigenvalue weighted by Gasteiger charge is 2.53. The number of nitrogens with one attached hydrogen (secondary N) is 1. The zero-order valence-corrected chi connectivity index (χ0v) is 19.3. The van der Waals surface area contributed by atoms with Gasteiger partial charge in [-0.2, -0.15) is 0 Å². The lowest BCUT2D eigenvalue weighted by molar-refractivity contribution is -0.148. The largest absolute Gasteiger partial charge is 0.481 e. The molecule has 2 aromatic heterocycles. The molecule has 11 nitrogen and oxygen atoms in total. The van der Waals surface area contributed by atoms with E-state index in [1.54, 1.807) is 18.5 Å². The van der Waals surface area contributed by atoms with Crippen LogP contribution in [0.2, 0.25) is 0 Å². The number of hydrogen-bond acceptors (Lipinski definition) is 10. The number of amides is 1. The number of thioether (sulfide) groups is 2. The number of β-lactam (4-membered cyclic amide) rings is 1. The van der Waals surface area contributed by atoms with Crippen LogP contribution < -0.4 is 5.32 Å². The van der Waals surface area contributed by atoms with Crippen molar-refractivity contribution in [3.8, 4) is 0 Å². The van der Waals surface area contributed by atoms with Crippen LogP contribution in [0, 0.1) is 0 Å².